The van der Waals surface area contributed by atoms with E-state index < -0.39 is 49.9 Å². The molecule has 0 aromatic heterocycles. The molecule has 0 saturated carbocycles. The Hall–Kier alpha value is -1.41. The first-order chi connectivity index (χ1) is 7.56. The minimum atomic E-state index is -5.65. The molecule has 0 bridgehead atoms. The molecular weight excluding hydrogens is 255 g/mol. The summed E-state index contributed by atoms with van der Waals surface area (Å²) in [6, 6.07) is 0. The molecule has 0 N–H and O–H groups in total. The summed E-state index contributed by atoms with van der Waals surface area (Å²) in [5.41, 5.74) is 0. The first kappa shape index (κ1) is 15.6. The summed E-state index contributed by atoms with van der Waals surface area (Å²) in [6.07, 6.45) is -8.99. The van der Waals surface area contributed by atoms with Crippen molar-refractivity contribution in [2.45, 2.75) is 31.4 Å². The predicted octanol–water partition coefficient (Wildman–Crippen LogP) is 0.647. The summed E-state index contributed by atoms with van der Waals surface area (Å²) in [7, 11) is 0. The zero-order valence-corrected chi connectivity index (χ0v) is 8.35. The molecule has 17 heavy (non-hydrogen) atoms. The van der Waals surface area contributed by atoms with Gasteiger partial charge in [0.25, 0.3) is 0 Å². The number of ether oxygens (including phenoxy) is 1. The van der Waals surface area contributed by atoms with Crippen molar-refractivity contribution in [3.8, 4) is 0 Å². The van der Waals surface area contributed by atoms with Crippen LogP contribution in [-0.2, 0) is 14.3 Å². The van der Waals surface area contributed by atoms with Crippen molar-refractivity contribution in [3.05, 3.63) is 0 Å². The molecule has 0 aliphatic carbocycles. The third-order valence-corrected chi connectivity index (χ3v) is 1.60. The maximum atomic E-state index is 12.3. The van der Waals surface area contributed by atoms with Crippen molar-refractivity contribution in [2.24, 2.45) is 0 Å². The van der Waals surface area contributed by atoms with Gasteiger partial charge in [0.05, 0.1) is 19.0 Å². The second-order valence-corrected chi connectivity index (χ2v) is 3.08. The molecule has 0 rings (SSSR count). The highest BCUT2D eigenvalue weighted by atomic mass is 19.4. The number of carboxylic acids is 1. The molecule has 0 atom stereocenters. The molecule has 0 spiro atoms. The monoisotopic (exact) mass is 263 g/mol. The minimum Gasteiger partial charge on any atom is -0.550 e. The maximum absolute atomic E-state index is 12.3. The van der Waals surface area contributed by atoms with Gasteiger partial charge >= 0.3 is 18.1 Å². The van der Waals surface area contributed by atoms with Crippen LogP contribution < -0.4 is 5.11 Å². The number of carboxylic acid groups (broad SMARTS) is 1. The van der Waals surface area contributed by atoms with Gasteiger partial charge < -0.3 is 14.6 Å². The lowest BCUT2D eigenvalue weighted by atomic mass is 10.2. The van der Waals surface area contributed by atoms with Crippen LogP contribution in [0.4, 0.5) is 22.0 Å². The number of rotatable bonds is 6. The summed E-state index contributed by atoms with van der Waals surface area (Å²) in [5.74, 6) is -7.83. The van der Waals surface area contributed by atoms with Gasteiger partial charge in [-0.1, -0.05) is 0 Å². The molecule has 0 aromatic carbocycles. The van der Waals surface area contributed by atoms with E-state index in [0.29, 0.717) is 0 Å². The van der Waals surface area contributed by atoms with Crippen molar-refractivity contribution in [1.29, 1.82) is 0 Å². The molecule has 0 aliphatic rings. The number of halogens is 5. The van der Waals surface area contributed by atoms with Crippen molar-refractivity contribution in [3.63, 3.8) is 0 Å². The lowest BCUT2D eigenvalue weighted by Gasteiger charge is -2.19. The summed E-state index contributed by atoms with van der Waals surface area (Å²) in [5, 5.41) is 9.85. The van der Waals surface area contributed by atoms with E-state index in [0.717, 1.165) is 0 Å². The van der Waals surface area contributed by atoms with E-state index in [1.54, 1.807) is 0 Å². The molecule has 9 heteroatoms. The standard InChI is InChI=1S/C8H9F5O4/c9-7(10,8(11,12)13)2-1-3-17-6(16)4-5(14)15/h1-4H2,(H,14,15)/p-1. The van der Waals surface area contributed by atoms with Crippen LogP contribution in [0, 0.1) is 0 Å². The first-order valence-electron chi connectivity index (χ1n) is 4.36. The average molecular weight is 263 g/mol. The van der Waals surface area contributed by atoms with Gasteiger partial charge in [-0.05, 0) is 6.42 Å². The Bertz CT molecular complexity index is 286. The van der Waals surface area contributed by atoms with Gasteiger partial charge in [-0.15, -0.1) is 0 Å². The zero-order valence-electron chi connectivity index (χ0n) is 8.35. The molecule has 0 aromatic rings. The fourth-order valence-electron chi connectivity index (χ4n) is 0.791. The number of alkyl halides is 5. The lowest BCUT2D eigenvalue weighted by Crippen LogP contribution is -2.36. The highest BCUT2D eigenvalue weighted by Gasteiger charge is 2.56. The van der Waals surface area contributed by atoms with E-state index >= 15 is 0 Å². The topological polar surface area (TPSA) is 66.4 Å². The van der Waals surface area contributed by atoms with Crippen LogP contribution in [0.2, 0.25) is 0 Å². The van der Waals surface area contributed by atoms with Gasteiger partial charge in [-0.25, -0.2) is 0 Å². The van der Waals surface area contributed by atoms with Crippen LogP contribution in [0.5, 0.6) is 0 Å². The molecule has 0 aliphatic heterocycles. The SMILES string of the molecule is O=C([O-])CC(=O)OCCCC(F)(F)C(F)(F)F. The summed E-state index contributed by atoms with van der Waals surface area (Å²) in [4.78, 5) is 20.4. The summed E-state index contributed by atoms with van der Waals surface area (Å²) in [6.45, 7) is -0.711. The summed E-state index contributed by atoms with van der Waals surface area (Å²) < 4.78 is 63.6. The second-order valence-electron chi connectivity index (χ2n) is 3.08. The van der Waals surface area contributed by atoms with E-state index in [9.17, 15) is 36.6 Å². The van der Waals surface area contributed by atoms with Crippen LogP contribution in [0.25, 0.3) is 0 Å². The molecule has 100 valence electrons. The Morgan fingerprint density at radius 3 is 2.06 bits per heavy atom. The molecule has 4 nitrogen and oxygen atoms in total. The Balaban J connectivity index is 3.86. The summed E-state index contributed by atoms with van der Waals surface area (Å²) >= 11 is 0. The number of carbonyl (C=O) groups excluding carboxylic acids is 2. The fourth-order valence-corrected chi connectivity index (χ4v) is 0.791. The van der Waals surface area contributed by atoms with Crippen LogP contribution in [0.15, 0.2) is 0 Å². The van der Waals surface area contributed by atoms with Gasteiger partial charge in [-0.3, -0.25) is 4.79 Å². The first-order valence-corrected chi connectivity index (χ1v) is 4.36. The highest BCUT2D eigenvalue weighted by Crippen LogP contribution is 2.38. The molecule has 0 amide bonds. The second kappa shape index (κ2) is 5.78. The van der Waals surface area contributed by atoms with E-state index in [-0.39, 0.29) is 0 Å². The van der Waals surface area contributed by atoms with Crippen molar-refractivity contribution >= 4 is 11.9 Å². The normalized spacial score (nSPS) is 12.3. The molecule has 0 saturated heterocycles. The zero-order chi connectivity index (χ0) is 13.7. The molecule has 0 radical (unpaired) electrons. The molecular formula is C8H8F5O4-. The van der Waals surface area contributed by atoms with Gasteiger partial charge in [-0.2, -0.15) is 22.0 Å². The highest BCUT2D eigenvalue weighted by molar-refractivity contribution is 5.88. The van der Waals surface area contributed by atoms with Crippen molar-refractivity contribution < 1.29 is 41.4 Å². The molecule has 0 fully saturated rings. The minimum absolute atomic E-state index is 0.711. The number of carbonyl (C=O) groups is 2. The molecule has 0 heterocycles. The van der Waals surface area contributed by atoms with E-state index in [1.165, 1.54) is 0 Å². The lowest BCUT2D eigenvalue weighted by molar-refractivity contribution is -0.305. The van der Waals surface area contributed by atoms with Crippen LogP contribution >= 0.6 is 0 Å². The van der Waals surface area contributed by atoms with E-state index in [4.69, 9.17) is 0 Å². The molecule has 0 unspecified atom stereocenters. The third kappa shape index (κ3) is 6.03. The quantitative estimate of drug-likeness (QED) is 0.305. The Labute approximate surface area is 92.4 Å². The number of hydrogen-bond donors (Lipinski definition) is 0. The van der Waals surface area contributed by atoms with Crippen LogP contribution in [0.3, 0.4) is 0 Å². The fraction of sp³-hybridized carbons (Fsp3) is 0.750. The maximum Gasteiger partial charge on any atom is 0.453 e. The Kier molecular flexibility index (Phi) is 5.30. The van der Waals surface area contributed by atoms with Crippen molar-refractivity contribution in [2.75, 3.05) is 6.61 Å². The van der Waals surface area contributed by atoms with Crippen LogP contribution in [-0.4, -0.2) is 30.6 Å². The number of aliphatic carboxylic acids is 1. The average Bonchev–Trinajstić information content (AvgIpc) is 2.09. The van der Waals surface area contributed by atoms with Gasteiger partial charge in [0.2, 0.25) is 0 Å². The van der Waals surface area contributed by atoms with Gasteiger partial charge in [0.15, 0.2) is 0 Å². The largest absolute Gasteiger partial charge is 0.550 e. The van der Waals surface area contributed by atoms with Crippen molar-refractivity contribution in [1.82, 2.24) is 0 Å². The number of hydrogen-bond acceptors (Lipinski definition) is 4. The van der Waals surface area contributed by atoms with Gasteiger partial charge in [0, 0.05) is 6.42 Å². The third-order valence-electron chi connectivity index (χ3n) is 1.60. The Morgan fingerprint density at radius 1 is 1.12 bits per heavy atom. The van der Waals surface area contributed by atoms with Crippen LogP contribution in [0.1, 0.15) is 19.3 Å². The van der Waals surface area contributed by atoms with E-state index in [1.807, 2.05) is 0 Å². The predicted molar refractivity (Wildman–Crippen MR) is 40.8 cm³/mol. The number of esters is 1. The smallest absolute Gasteiger partial charge is 0.453 e. The van der Waals surface area contributed by atoms with E-state index in [2.05, 4.69) is 4.74 Å². The Morgan fingerprint density at radius 2 is 1.65 bits per heavy atom. The van der Waals surface area contributed by atoms with Gasteiger partial charge in [0.1, 0.15) is 0 Å².